The highest BCUT2D eigenvalue weighted by Crippen LogP contribution is 2.32. The lowest BCUT2D eigenvalue weighted by atomic mass is 10.0. The quantitative estimate of drug-likeness (QED) is 0.855. The highest BCUT2D eigenvalue weighted by Gasteiger charge is 2.21. The monoisotopic (exact) mass is 243 g/mol. The van der Waals surface area contributed by atoms with E-state index in [0.717, 1.165) is 17.4 Å². The number of nitrogens with zero attached hydrogens (tertiary/aromatic N) is 2. The fraction of sp³-hybridized carbons (Fsp3) is 0.727. The molecule has 1 N–H and O–H groups in total. The number of hydrogen-bond acceptors (Lipinski definition) is 5. The Kier molecular flexibility index (Phi) is 4.15. The molecule has 0 aliphatic carbocycles. The topological polar surface area (TPSA) is 37.4 Å². The third-order valence-electron chi connectivity index (χ3n) is 2.51. The van der Waals surface area contributed by atoms with Gasteiger partial charge in [-0.15, -0.1) is 0 Å². The maximum atomic E-state index is 5.31. The van der Waals surface area contributed by atoms with E-state index in [0.29, 0.717) is 0 Å². The SMILES string of the molecule is CNC(C)(C)Cc1sc(N(C)C)nc1OC. The van der Waals surface area contributed by atoms with Crippen molar-refractivity contribution in [1.29, 1.82) is 0 Å². The third-order valence-corrected chi connectivity index (χ3v) is 3.71. The van der Waals surface area contributed by atoms with Gasteiger partial charge in [0.25, 0.3) is 0 Å². The van der Waals surface area contributed by atoms with E-state index in [1.807, 2.05) is 26.0 Å². The van der Waals surface area contributed by atoms with Crippen molar-refractivity contribution in [2.45, 2.75) is 25.8 Å². The summed E-state index contributed by atoms with van der Waals surface area (Å²) in [6, 6.07) is 0. The molecule has 1 heterocycles. The van der Waals surface area contributed by atoms with Crippen LogP contribution in [-0.2, 0) is 6.42 Å². The first-order chi connectivity index (χ1) is 7.39. The maximum Gasteiger partial charge on any atom is 0.229 e. The second kappa shape index (κ2) is 5.01. The average Bonchev–Trinajstić information content (AvgIpc) is 2.60. The molecule has 1 rings (SSSR count). The summed E-state index contributed by atoms with van der Waals surface area (Å²) in [6.45, 7) is 4.34. The zero-order valence-electron chi connectivity index (χ0n) is 10.9. The van der Waals surface area contributed by atoms with Crippen LogP contribution in [0, 0.1) is 0 Å². The number of ether oxygens (including phenoxy) is 1. The minimum atomic E-state index is 0.0589. The van der Waals surface area contributed by atoms with E-state index in [1.54, 1.807) is 18.4 Å². The number of nitrogens with one attached hydrogen (secondary N) is 1. The van der Waals surface area contributed by atoms with Crippen molar-refractivity contribution in [3.8, 4) is 5.88 Å². The van der Waals surface area contributed by atoms with E-state index in [1.165, 1.54) is 4.88 Å². The molecule has 0 amide bonds. The van der Waals surface area contributed by atoms with Crippen molar-refractivity contribution in [1.82, 2.24) is 10.3 Å². The van der Waals surface area contributed by atoms with Crippen molar-refractivity contribution >= 4 is 16.5 Å². The number of anilines is 1. The van der Waals surface area contributed by atoms with Crippen molar-refractivity contribution in [3.05, 3.63) is 4.88 Å². The molecule has 0 aliphatic heterocycles. The highest BCUT2D eigenvalue weighted by atomic mass is 32.1. The summed E-state index contributed by atoms with van der Waals surface area (Å²) in [5.74, 6) is 0.747. The van der Waals surface area contributed by atoms with E-state index >= 15 is 0 Å². The largest absolute Gasteiger partial charge is 0.480 e. The Balaban J connectivity index is 2.94. The molecule has 0 bridgehead atoms. The molecule has 0 fully saturated rings. The van der Waals surface area contributed by atoms with Gasteiger partial charge in [0, 0.05) is 26.1 Å². The third kappa shape index (κ3) is 3.09. The molecule has 1 aromatic rings. The molecule has 1 aromatic heterocycles. The second-order valence-corrected chi connectivity index (χ2v) is 5.70. The van der Waals surface area contributed by atoms with Crippen LogP contribution in [-0.4, -0.2) is 38.8 Å². The van der Waals surface area contributed by atoms with Crippen molar-refractivity contribution in [3.63, 3.8) is 0 Å². The summed E-state index contributed by atoms with van der Waals surface area (Å²) in [6.07, 6.45) is 0.915. The summed E-state index contributed by atoms with van der Waals surface area (Å²) in [5.41, 5.74) is 0.0589. The molecule has 0 saturated carbocycles. The zero-order chi connectivity index (χ0) is 12.3. The molecular weight excluding hydrogens is 222 g/mol. The van der Waals surface area contributed by atoms with Crippen LogP contribution in [0.3, 0.4) is 0 Å². The zero-order valence-corrected chi connectivity index (χ0v) is 11.7. The predicted molar refractivity (Wildman–Crippen MR) is 69.8 cm³/mol. The van der Waals surface area contributed by atoms with Crippen LogP contribution in [0.4, 0.5) is 5.13 Å². The van der Waals surface area contributed by atoms with Gasteiger partial charge in [0.2, 0.25) is 5.88 Å². The molecule has 0 atom stereocenters. The summed E-state index contributed by atoms with van der Waals surface area (Å²) in [5, 5.41) is 4.27. The van der Waals surface area contributed by atoms with Crippen LogP contribution < -0.4 is 15.0 Å². The molecular formula is C11H21N3OS. The molecule has 0 saturated heterocycles. The number of rotatable bonds is 5. The molecule has 0 aliphatic rings. The van der Waals surface area contributed by atoms with Gasteiger partial charge in [-0.2, -0.15) is 4.98 Å². The Morgan fingerprint density at radius 3 is 2.50 bits per heavy atom. The lowest BCUT2D eigenvalue weighted by Gasteiger charge is -2.23. The van der Waals surface area contributed by atoms with Crippen LogP contribution in [0.15, 0.2) is 0 Å². The molecule has 0 spiro atoms. The second-order valence-electron chi connectivity index (χ2n) is 4.63. The van der Waals surface area contributed by atoms with E-state index in [2.05, 4.69) is 24.1 Å². The van der Waals surface area contributed by atoms with Gasteiger partial charge in [-0.1, -0.05) is 11.3 Å². The standard InChI is InChI=1S/C11H21N3OS/c1-11(2,12-3)7-8-9(15-6)13-10(16-8)14(4)5/h12H,7H2,1-6H3. The molecule has 0 unspecified atom stereocenters. The normalized spacial score (nSPS) is 11.6. The summed E-state index contributed by atoms with van der Waals surface area (Å²) >= 11 is 1.68. The number of thiazole rings is 1. The lowest BCUT2D eigenvalue weighted by molar-refractivity contribution is 0.380. The van der Waals surface area contributed by atoms with Crippen LogP contribution in [0.5, 0.6) is 5.88 Å². The van der Waals surface area contributed by atoms with Gasteiger partial charge in [-0.05, 0) is 20.9 Å². The van der Waals surface area contributed by atoms with Crippen molar-refractivity contribution in [2.24, 2.45) is 0 Å². The van der Waals surface area contributed by atoms with Crippen molar-refractivity contribution < 1.29 is 4.74 Å². The number of likely N-dealkylation sites (N-methyl/N-ethyl adjacent to an activating group) is 1. The molecule has 0 aromatic carbocycles. The number of hydrogen-bond donors (Lipinski definition) is 1. The summed E-state index contributed by atoms with van der Waals surface area (Å²) < 4.78 is 5.31. The van der Waals surface area contributed by atoms with Gasteiger partial charge in [-0.3, -0.25) is 0 Å². The Labute approximate surface area is 102 Å². The van der Waals surface area contributed by atoms with Crippen LogP contribution >= 0.6 is 11.3 Å². The van der Waals surface area contributed by atoms with E-state index < -0.39 is 0 Å². The van der Waals surface area contributed by atoms with E-state index in [4.69, 9.17) is 4.74 Å². The fourth-order valence-corrected chi connectivity index (χ4v) is 2.46. The van der Waals surface area contributed by atoms with E-state index in [-0.39, 0.29) is 5.54 Å². The van der Waals surface area contributed by atoms with Crippen LogP contribution in [0.2, 0.25) is 0 Å². The average molecular weight is 243 g/mol. The molecule has 5 heteroatoms. The van der Waals surface area contributed by atoms with E-state index in [9.17, 15) is 0 Å². The van der Waals surface area contributed by atoms with Gasteiger partial charge in [0.1, 0.15) is 0 Å². The first kappa shape index (κ1) is 13.3. The molecule has 92 valence electrons. The first-order valence-corrected chi connectivity index (χ1v) is 6.11. The fourth-order valence-electron chi connectivity index (χ4n) is 1.28. The van der Waals surface area contributed by atoms with Gasteiger partial charge >= 0.3 is 0 Å². The van der Waals surface area contributed by atoms with Gasteiger partial charge in [0.15, 0.2) is 5.13 Å². The van der Waals surface area contributed by atoms with Gasteiger partial charge < -0.3 is 15.0 Å². The maximum absolute atomic E-state index is 5.31. The predicted octanol–water partition coefficient (Wildman–Crippen LogP) is 1.76. The van der Waals surface area contributed by atoms with Crippen molar-refractivity contribution in [2.75, 3.05) is 33.2 Å². The van der Waals surface area contributed by atoms with Gasteiger partial charge in [-0.25, -0.2) is 0 Å². The highest BCUT2D eigenvalue weighted by molar-refractivity contribution is 7.15. The Morgan fingerprint density at radius 2 is 2.06 bits per heavy atom. The minimum Gasteiger partial charge on any atom is -0.480 e. The number of methoxy groups -OCH3 is 1. The molecule has 4 nitrogen and oxygen atoms in total. The van der Waals surface area contributed by atoms with Crippen LogP contribution in [0.25, 0.3) is 0 Å². The Hall–Kier alpha value is -0.810. The lowest BCUT2D eigenvalue weighted by Crippen LogP contribution is -2.38. The minimum absolute atomic E-state index is 0.0589. The summed E-state index contributed by atoms with van der Waals surface area (Å²) in [4.78, 5) is 7.63. The summed E-state index contributed by atoms with van der Waals surface area (Å²) in [7, 11) is 7.63. The van der Waals surface area contributed by atoms with Crippen LogP contribution in [0.1, 0.15) is 18.7 Å². The van der Waals surface area contributed by atoms with Gasteiger partial charge in [0.05, 0.1) is 12.0 Å². The number of aromatic nitrogens is 1. The molecule has 0 radical (unpaired) electrons. The Bertz CT molecular complexity index is 347. The first-order valence-electron chi connectivity index (χ1n) is 5.29. The smallest absolute Gasteiger partial charge is 0.229 e. The molecule has 16 heavy (non-hydrogen) atoms. The Morgan fingerprint density at radius 1 is 1.44 bits per heavy atom.